The molecule has 0 fully saturated rings. The van der Waals surface area contributed by atoms with Crippen LogP contribution in [0.1, 0.15) is 11.3 Å². The highest BCUT2D eigenvalue weighted by molar-refractivity contribution is 5.91. The first-order valence-electron chi connectivity index (χ1n) is 9.85. The highest BCUT2D eigenvalue weighted by Crippen LogP contribution is 2.19. The number of anilines is 1. The number of pyridine rings is 1. The van der Waals surface area contributed by atoms with E-state index in [0.717, 1.165) is 17.0 Å². The fraction of sp³-hybridized carbons (Fsp3) is 0.125. The van der Waals surface area contributed by atoms with E-state index in [0.29, 0.717) is 24.0 Å². The Labute approximate surface area is 180 Å². The standard InChI is InChI=1S/C24H22N4O3/c1-18-15-23(28(27-18)22-9-5-6-14-25-22)26-24(29)17-31-21-12-10-20(11-13-21)30-16-19-7-3-2-4-8-19/h2-15H,16-17H2,1H3,(H,26,29). The van der Waals surface area contributed by atoms with Crippen LogP contribution in [0.3, 0.4) is 0 Å². The van der Waals surface area contributed by atoms with Crippen LogP contribution in [0, 0.1) is 6.92 Å². The van der Waals surface area contributed by atoms with E-state index in [1.807, 2.05) is 67.6 Å². The summed E-state index contributed by atoms with van der Waals surface area (Å²) in [6.45, 7) is 2.22. The molecule has 2 heterocycles. The minimum Gasteiger partial charge on any atom is -0.489 e. The lowest BCUT2D eigenvalue weighted by molar-refractivity contribution is -0.118. The molecule has 0 spiro atoms. The zero-order chi connectivity index (χ0) is 21.5. The number of rotatable bonds is 8. The molecule has 7 heteroatoms. The van der Waals surface area contributed by atoms with Gasteiger partial charge in [0.2, 0.25) is 0 Å². The van der Waals surface area contributed by atoms with Crippen molar-refractivity contribution in [3.8, 4) is 17.3 Å². The van der Waals surface area contributed by atoms with E-state index >= 15 is 0 Å². The number of amides is 1. The number of nitrogens with one attached hydrogen (secondary N) is 1. The molecule has 4 rings (SSSR count). The SMILES string of the molecule is Cc1cc(NC(=O)COc2ccc(OCc3ccccc3)cc2)n(-c2ccccn2)n1. The van der Waals surface area contributed by atoms with Crippen LogP contribution in [-0.4, -0.2) is 27.3 Å². The Balaban J connectivity index is 1.30. The maximum atomic E-state index is 12.4. The summed E-state index contributed by atoms with van der Waals surface area (Å²) in [7, 11) is 0. The molecule has 0 atom stereocenters. The summed E-state index contributed by atoms with van der Waals surface area (Å²) in [6, 6.07) is 24.4. The zero-order valence-corrected chi connectivity index (χ0v) is 17.1. The topological polar surface area (TPSA) is 78.3 Å². The highest BCUT2D eigenvalue weighted by Gasteiger charge is 2.12. The molecule has 2 aromatic heterocycles. The first-order valence-corrected chi connectivity index (χ1v) is 9.85. The number of hydrogen-bond donors (Lipinski definition) is 1. The fourth-order valence-corrected chi connectivity index (χ4v) is 2.94. The number of hydrogen-bond acceptors (Lipinski definition) is 5. The van der Waals surface area contributed by atoms with Gasteiger partial charge in [-0.15, -0.1) is 0 Å². The molecule has 0 unspecified atom stereocenters. The smallest absolute Gasteiger partial charge is 0.263 e. The predicted octanol–water partition coefficient (Wildman–Crippen LogP) is 4.17. The highest BCUT2D eigenvalue weighted by atomic mass is 16.5. The minimum absolute atomic E-state index is 0.128. The summed E-state index contributed by atoms with van der Waals surface area (Å²) in [5, 5.41) is 7.21. The molecular weight excluding hydrogens is 392 g/mol. The van der Waals surface area contributed by atoms with Crippen molar-refractivity contribution in [1.82, 2.24) is 14.8 Å². The monoisotopic (exact) mass is 414 g/mol. The molecule has 1 N–H and O–H groups in total. The second-order valence-electron chi connectivity index (χ2n) is 6.85. The van der Waals surface area contributed by atoms with Crippen molar-refractivity contribution < 1.29 is 14.3 Å². The van der Waals surface area contributed by atoms with Gasteiger partial charge in [-0.25, -0.2) is 4.98 Å². The van der Waals surface area contributed by atoms with Crippen molar-refractivity contribution in [1.29, 1.82) is 0 Å². The van der Waals surface area contributed by atoms with Crippen LogP contribution in [-0.2, 0) is 11.4 Å². The Morgan fingerprint density at radius 2 is 1.65 bits per heavy atom. The third-order valence-electron chi connectivity index (χ3n) is 4.41. The van der Waals surface area contributed by atoms with Gasteiger partial charge in [0.25, 0.3) is 5.91 Å². The predicted molar refractivity (Wildman–Crippen MR) is 117 cm³/mol. The molecule has 4 aromatic rings. The maximum absolute atomic E-state index is 12.4. The Hall–Kier alpha value is -4.13. The zero-order valence-electron chi connectivity index (χ0n) is 17.1. The quantitative estimate of drug-likeness (QED) is 0.468. The summed E-state index contributed by atoms with van der Waals surface area (Å²) in [4.78, 5) is 16.7. The van der Waals surface area contributed by atoms with Crippen LogP contribution in [0.2, 0.25) is 0 Å². The average molecular weight is 414 g/mol. The average Bonchev–Trinajstić information content (AvgIpc) is 3.18. The van der Waals surface area contributed by atoms with Crippen molar-refractivity contribution in [2.24, 2.45) is 0 Å². The van der Waals surface area contributed by atoms with Crippen LogP contribution in [0.5, 0.6) is 11.5 Å². The van der Waals surface area contributed by atoms with Gasteiger partial charge in [0.05, 0.1) is 5.69 Å². The number of aromatic nitrogens is 3. The number of benzene rings is 2. The molecule has 2 aromatic carbocycles. The van der Waals surface area contributed by atoms with E-state index in [1.165, 1.54) is 0 Å². The molecule has 0 radical (unpaired) electrons. The first kappa shape index (κ1) is 20.2. The number of aryl methyl sites for hydroxylation is 1. The number of nitrogens with zero attached hydrogens (tertiary/aromatic N) is 3. The normalized spacial score (nSPS) is 10.5. The second kappa shape index (κ2) is 9.58. The van der Waals surface area contributed by atoms with Crippen molar-refractivity contribution in [3.63, 3.8) is 0 Å². The summed E-state index contributed by atoms with van der Waals surface area (Å²) in [5.74, 6) is 2.18. The third kappa shape index (κ3) is 5.48. The van der Waals surface area contributed by atoms with Crippen LogP contribution in [0.25, 0.3) is 5.82 Å². The van der Waals surface area contributed by atoms with Crippen LogP contribution < -0.4 is 14.8 Å². The molecule has 1 amide bonds. The van der Waals surface area contributed by atoms with Gasteiger partial charge >= 0.3 is 0 Å². The maximum Gasteiger partial charge on any atom is 0.263 e. The van der Waals surface area contributed by atoms with E-state index in [1.54, 1.807) is 29.1 Å². The summed E-state index contributed by atoms with van der Waals surface area (Å²) < 4.78 is 12.9. The molecule has 0 aliphatic carbocycles. The molecule has 0 aliphatic rings. The van der Waals surface area contributed by atoms with Crippen molar-refractivity contribution in [2.75, 3.05) is 11.9 Å². The van der Waals surface area contributed by atoms with Gasteiger partial charge in [0.1, 0.15) is 23.9 Å². The second-order valence-corrected chi connectivity index (χ2v) is 6.85. The lowest BCUT2D eigenvalue weighted by Gasteiger charge is -2.10. The van der Waals surface area contributed by atoms with E-state index < -0.39 is 0 Å². The van der Waals surface area contributed by atoms with Gasteiger partial charge in [-0.2, -0.15) is 9.78 Å². The fourth-order valence-electron chi connectivity index (χ4n) is 2.94. The third-order valence-corrected chi connectivity index (χ3v) is 4.41. The molecule has 0 saturated heterocycles. The van der Waals surface area contributed by atoms with Gasteiger partial charge in [-0.05, 0) is 48.9 Å². The number of carbonyl (C=O) groups is 1. The molecule has 0 saturated carbocycles. The van der Waals surface area contributed by atoms with Gasteiger partial charge in [0.15, 0.2) is 12.4 Å². The van der Waals surface area contributed by atoms with E-state index in [-0.39, 0.29) is 12.5 Å². The first-order chi connectivity index (χ1) is 15.2. The summed E-state index contributed by atoms with van der Waals surface area (Å²) >= 11 is 0. The molecule has 156 valence electrons. The summed E-state index contributed by atoms with van der Waals surface area (Å²) in [6.07, 6.45) is 1.67. The van der Waals surface area contributed by atoms with E-state index in [4.69, 9.17) is 9.47 Å². The van der Waals surface area contributed by atoms with E-state index in [9.17, 15) is 4.79 Å². The van der Waals surface area contributed by atoms with Crippen LogP contribution >= 0.6 is 0 Å². The molecule has 0 bridgehead atoms. The molecular formula is C24H22N4O3. The Bertz CT molecular complexity index is 1130. The van der Waals surface area contributed by atoms with Crippen molar-refractivity contribution in [3.05, 3.63) is 96.3 Å². The van der Waals surface area contributed by atoms with Gasteiger partial charge in [-0.3, -0.25) is 4.79 Å². The van der Waals surface area contributed by atoms with E-state index in [2.05, 4.69) is 15.4 Å². The minimum atomic E-state index is -0.290. The van der Waals surface area contributed by atoms with Gasteiger partial charge in [-0.1, -0.05) is 36.4 Å². The molecule has 7 nitrogen and oxygen atoms in total. The Kier molecular flexibility index (Phi) is 6.23. The largest absolute Gasteiger partial charge is 0.489 e. The lowest BCUT2D eigenvalue weighted by atomic mass is 10.2. The van der Waals surface area contributed by atoms with Crippen LogP contribution in [0.15, 0.2) is 85.1 Å². The van der Waals surface area contributed by atoms with Crippen molar-refractivity contribution >= 4 is 11.7 Å². The lowest BCUT2D eigenvalue weighted by Crippen LogP contribution is -2.22. The molecule has 31 heavy (non-hydrogen) atoms. The summed E-state index contributed by atoms with van der Waals surface area (Å²) in [5.41, 5.74) is 1.87. The van der Waals surface area contributed by atoms with Gasteiger partial charge < -0.3 is 14.8 Å². The Morgan fingerprint density at radius 3 is 2.35 bits per heavy atom. The Morgan fingerprint density at radius 1 is 0.935 bits per heavy atom. The number of ether oxygens (including phenoxy) is 2. The van der Waals surface area contributed by atoms with Crippen molar-refractivity contribution in [2.45, 2.75) is 13.5 Å². The molecule has 0 aliphatic heterocycles. The number of carbonyl (C=O) groups excluding carboxylic acids is 1. The van der Waals surface area contributed by atoms with Crippen LogP contribution in [0.4, 0.5) is 5.82 Å². The van der Waals surface area contributed by atoms with Gasteiger partial charge in [0, 0.05) is 12.3 Å².